The van der Waals surface area contributed by atoms with Crippen LogP contribution >= 0.6 is 15.9 Å². The number of benzene rings is 1. The lowest BCUT2D eigenvalue weighted by atomic mass is 10.1. The van der Waals surface area contributed by atoms with Gasteiger partial charge in [-0.1, -0.05) is 15.9 Å². The lowest BCUT2D eigenvalue weighted by Gasteiger charge is -2.35. The van der Waals surface area contributed by atoms with Crippen LogP contribution in [0.25, 0.3) is 10.9 Å². The van der Waals surface area contributed by atoms with Crippen molar-refractivity contribution >= 4 is 38.2 Å². The number of hydrogen-bond donors (Lipinski definition) is 1. The van der Waals surface area contributed by atoms with Gasteiger partial charge in [-0.05, 0) is 31.0 Å². The average molecular weight is 334 g/mol. The number of ether oxygens (including phenoxy) is 1. The van der Waals surface area contributed by atoms with E-state index in [4.69, 9.17) is 10.5 Å². The average Bonchev–Trinajstić information content (AvgIpc) is 2.77. The maximum absolute atomic E-state index is 6.22. The molecule has 2 aliphatic heterocycles. The molecule has 2 fully saturated rings. The molecule has 4 rings (SSSR count). The molecule has 3 heterocycles. The zero-order chi connectivity index (χ0) is 13.7. The standard InChI is InChI=1S/C15H16BrN3O/c16-9-1-4-14-12(5-9)15(13(17)6-18-14)19-7-10-2-3-11(8-19)20-10/h1,4-6,10-11H,2-3,7-8,17H2. The van der Waals surface area contributed by atoms with Crippen molar-refractivity contribution < 1.29 is 4.74 Å². The summed E-state index contributed by atoms with van der Waals surface area (Å²) >= 11 is 3.54. The quantitative estimate of drug-likeness (QED) is 0.871. The Kier molecular flexibility index (Phi) is 2.86. The minimum Gasteiger partial charge on any atom is -0.396 e. The van der Waals surface area contributed by atoms with Crippen LogP contribution in [0.5, 0.6) is 0 Å². The van der Waals surface area contributed by atoms with Gasteiger partial charge in [0.15, 0.2) is 0 Å². The molecule has 2 saturated heterocycles. The zero-order valence-corrected chi connectivity index (χ0v) is 12.6. The highest BCUT2D eigenvalue weighted by Crippen LogP contribution is 2.37. The molecule has 2 aliphatic rings. The van der Waals surface area contributed by atoms with E-state index in [1.807, 2.05) is 12.1 Å². The molecule has 2 bridgehead atoms. The number of anilines is 2. The van der Waals surface area contributed by atoms with Gasteiger partial charge in [0.1, 0.15) is 0 Å². The van der Waals surface area contributed by atoms with Gasteiger partial charge >= 0.3 is 0 Å². The molecular formula is C15H16BrN3O. The summed E-state index contributed by atoms with van der Waals surface area (Å²) in [5.74, 6) is 0. The van der Waals surface area contributed by atoms with Crippen molar-refractivity contribution in [3.8, 4) is 0 Å². The fraction of sp³-hybridized carbons (Fsp3) is 0.400. The SMILES string of the molecule is Nc1cnc2ccc(Br)cc2c1N1CC2CCC(C1)O2. The molecule has 0 amide bonds. The first-order chi connectivity index (χ1) is 9.70. The van der Waals surface area contributed by atoms with E-state index in [1.54, 1.807) is 6.20 Å². The normalized spacial score (nSPS) is 25.4. The molecule has 20 heavy (non-hydrogen) atoms. The summed E-state index contributed by atoms with van der Waals surface area (Å²) in [6.07, 6.45) is 4.79. The van der Waals surface area contributed by atoms with Crippen molar-refractivity contribution in [1.82, 2.24) is 4.98 Å². The Morgan fingerprint density at radius 3 is 2.75 bits per heavy atom. The van der Waals surface area contributed by atoms with Gasteiger partial charge in [0, 0.05) is 22.9 Å². The number of fused-ring (bicyclic) bond motifs is 3. The molecule has 104 valence electrons. The van der Waals surface area contributed by atoms with E-state index in [2.05, 4.69) is 31.9 Å². The summed E-state index contributed by atoms with van der Waals surface area (Å²) in [6.45, 7) is 1.85. The lowest BCUT2D eigenvalue weighted by molar-refractivity contribution is 0.0306. The van der Waals surface area contributed by atoms with E-state index in [9.17, 15) is 0 Å². The molecule has 2 unspecified atom stereocenters. The third-order valence-electron chi connectivity index (χ3n) is 4.19. The predicted molar refractivity (Wildman–Crippen MR) is 84.0 cm³/mol. The predicted octanol–water partition coefficient (Wildman–Crippen LogP) is 2.95. The van der Waals surface area contributed by atoms with Gasteiger partial charge in [0.2, 0.25) is 0 Å². The summed E-state index contributed by atoms with van der Waals surface area (Å²) in [6, 6.07) is 6.14. The Hall–Kier alpha value is -1.33. The molecule has 0 saturated carbocycles. The van der Waals surface area contributed by atoms with Gasteiger partial charge in [-0.3, -0.25) is 4.98 Å². The van der Waals surface area contributed by atoms with Crippen molar-refractivity contribution in [3.63, 3.8) is 0 Å². The van der Waals surface area contributed by atoms with Crippen molar-refractivity contribution in [2.45, 2.75) is 25.0 Å². The van der Waals surface area contributed by atoms with Crippen LogP contribution in [-0.2, 0) is 4.74 Å². The zero-order valence-electron chi connectivity index (χ0n) is 11.1. The topological polar surface area (TPSA) is 51.4 Å². The fourth-order valence-corrected chi connectivity index (χ4v) is 3.68. The highest BCUT2D eigenvalue weighted by molar-refractivity contribution is 9.10. The second-order valence-electron chi connectivity index (χ2n) is 5.59. The summed E-state index contributed by atoms with van der Waals surface area (Å²) in [4.78, 5) is 6.80. The first-order valence-corrected chi connectivity index (χ1v) is 7.74. The minimum absolute atomic E-state index is 0.350. The van der Waals surface area contributed by atoms with Gasteiger partial charge in [0.25, 0.3) is 0 Å². The van der Waals surface area contributed by atoms with Crippen LogP contribution in [0.4, 0.5) is 11.4 Å². The smallest absolute Gasteiger partial charge is 0.0755 e. The summed E-state index contributed by atoms with van der Waals surface area (Å²) < 4.78 is 6.97. The Balaban J connectivity index is 1.85. The van der Waals surface area contributed by atoms with E-state index in [0.717, 1.165) is 52.7 Å². The number of aromatic nitrogens is 1. The minimum atomic E-state index is 0.350. The number of rotatable bonds is 1. The lowest BCUT2D eigenvalue weighted by Crippen LogP contribution is -2.43. The van der Waals surface area contributed by atoms with Crippen LogP contribution in [0.3, 0.4) is 0 Å². The third kappa shape index (κ3) is 1.96. The maximum atomic E-state index is 6.22. The summed E-state index contributed by atoms with van der Waals surface area (Å²) in [5.41, 5.74) is 9.06. The largest absolute Gasteiger partial charge is 0.396 e. The number of morpholine rings is 1. The first-order valence-electron chi connectivity index (χ1n) is 6.95. The highest BCUT2D eigenvalue weighted by atomic mass is 79.9. The number of halogens is 1. The van der Waals surface area contributed by atoms with E-state index in [0.29, 0.717) is 12.2 Å². The van der Waals surface area contributed by atoms with Crippen LogP contribution in [0.2, 0.25) is 0 Å². The van der Waals surface area contributed by atoms with Crippen molar-refractivity contribution in [1.29, 1.82) is 0 Å². The molecule has 5 heteroatoms. The molecular weight excluding hydrogens is 318 g/mol. The number of nitrogens with zero attached hydrogens (tertiary/aromatic N) is 2. The van der Waals surface area contributed by atoms with Gasteiger partial charge in [-0.15, -0.1) is 0 Å². The van der Waals surface area contributed by atoms with Crippen molar-refractivity contribution in [2.24, 2.45) is 0 Å². The number of hydrogen-bond acceptors (Lipinski definition) is 4. The Labute approximate surface area is 126 Å². The molecule has 2 aromatic rings. The van der Waals surface area contributed by atoms with Gasteiger partial charge in [-0.25, -0.2) is 0 Å². The first kappa shape index (κ1) is 12.4. The van der Waals surface area contributed by atoms with Gasteiger partial charge < -0.3 is 15.4 Å². The second kappa shape index (κ2) is 4.60. The Bertz CT molecular complexity index is 658. The van der Waals surface area contributed by atoms with Crippen molar-refractivity contribution in [3.05, 3.63) is 28.9 Å². The summed E-state index contributed by atoms with van der Waals surface area (Å²) in [5, 5.41) is 1.11. The Morgan fingerprint density at radius 2 is 2.00 bits per heavy atom. The third-order valence-corrected chi connectivity index (χ3v) is 4.68. The van der Waals surface area contributed by atoms with E-state index in [1.165, 1.54) is 0 Å². The van der Waals surface area contributed by atoms with E-state index in [-0.39, 0.29) is 0 Å². The van der Waals surface area contributed by atoms with Gasteiger partial charge in [0.05, 0.1) is 35.3 Å². The molecule has 1 aromatic carbocycles. The maximum Gasteiger partial charge on any atom is 0.0755 e. The molecule has 0 radical (unpaired) electrons. The number of nitrogens with two attached hydrogens (primary N) is 1. The number of nitrogen functional groups attached to an aromatic ring is 1. The highest BCUT2D eigenvalue weighted by Gasteiger charge is 2.34. The Morgan fingerprint density at radius 1 is 1.25 bits per heavy atom. The fourth-order valence-electron chi connectivity index (χ4n) is 3.32. The van der Waals surface area contributed by atoms with Crippen LogP contribution in [0.15, 0.2) is 28.9 Å². The molecule has 0 spiro atoms. The van der Waals surface area contributed by atoms with E-state index < -0.39 is 0 Å². The van der Waals surface area contributed by atoms with Gasteiger partial charge in [-0.2, -0.15) is 0 Å². The van der Waals surface area contributed by atoms with E-state index >= 15 is 0 Å². The summed E-state index contributed by atoms with van der Waals surface area (Å²) in [7, 11) is 0. The van der Waals surface area contributed by atoms with Crippen LogP contribution in [-0.4, -0.2) is 30.3 Å². The molecule has 0 aliphatic carbocycles. The van der Waals surface area contributed by atoms with Crippen LogP contribution in [0.1, 0.15) is 12.8 Å². The second-order valence-corrected chi connectivity index (χ2v) is 6.50. The van der Waals surface area contributed by atoms with Crippen LogP contribution < -0.4 is 10.6 Å². The molecule has 1 aromatic heterocycles. The molecule has 2 atom stereocenters. The molecule has 4 nitrogen and oxygen atoms in total. The molecule has 2 N–H and O–H groups in total. The monoisotopic (exact) mass is 333 g/mol. The van der Waals surface area contributed by atoms with Crippen molar-refractivity contribution in [2.75, 3.05) is 23.7 Å². The van der Waals surface area contributed by atoms with Crippen LogP contribution in [0, 0.1) is 0 Å². The number of pyridine rings is 1.